The Bertz CT molecular complexity index is 458. The molecule has 0 bridgehead atoms. The summed E-state index contributed by atoms with van der Waals surface area (Å²) < 4.78 is 6.02. The van der Waals surface area contributed by atoms with Gasteiger partial charge in [0.25, 0.3) is 0 Å². The van der Waals surface area contributed by atoms with E-state index < -0.39 is 0 Å². The number of rotatable bonds is 7. The van der Waals surface area contributed by atoms with Crippen LogP contribution in [0.25, 0.3) is 0 Å². The fourth-order valence-corrected chi connectivity index (χ4v) is 4.20. The van der Waals surface area contributed by atoms with Crippen LogP contribution in [0, 0.1) is 11.3 Å². The topological polar surface area (TPSA) is 74.8 Å². The maximum absolute atomic E-state index is 11.6. The first-order valence-electron chi connectivity index (χ1n) is 9.90. The average molecular weight is 353 g/mol. The Kier molecular flexibility index (Phi) is 7.54. The molecule has 6 heteroatoms. The van der Waals surface area contributed by atoms with Crippen LogP contribution in [-0.2, 0) is 9.53 Å². The number of carbonyl (C=O) groups is 1. The van der Waals surface area contributed by atoms with E-state index >= 15 is 0 Å². The van der Waals surface area contributed by atoms with Crippen molar-refractivity contribution in [3.05, 3.63) is 0 Å². The molecule has 0 aromatic heterocycles. The largest absolute Gasteiger partial charge is 0.378 e. The summed E-state index contributed by atoms with van der Waals surface area (Å²) in [5.41, 5.74) is 0.276. The Balaban J connectivity index is 1.81. The molecule has 0 radical (unpaired) electrons. The molecule has 0 aliphatic heterocycles. The van der Waals surface area contributed by atoms with Crippen molar-refractivity contribution in [2.24, 2.45) is 16.3 Å². The maximum atomic E-state index is 11.6. The molecule has 6 nitrogen and oxygen atoms in total. The number of hydrogen-bond acceptors (Lipinski definition) is 3. The summed E-state index contributed by atoms with van der Waals surface area (Å²) in [5.74, 6) is 0.933. The third kappa shape index (κ3) is 4.87. The standard InChI is InChI=1S/C19H36N4O2/c1-5-25-16-13-15(19(16)9-7-6-8-10-19)23-18(20-4)22-12-11-21-17(24)14(2)3/h14-16H,5-13H2,1-4H3,(H,21,24)(H2,20,22,23). The highest BCUT2D eigenvalue weighted by molar-refractivity contribution is 5.80. The van der Waals surface area contributed by atoms with Crippen molar-refractivity contribution >= 4 is 11.9 Å². The lowest BCUT2D eigenvalue weighted by atomic mass is 9.55. The number of amides is 1. The molecular weight excluding hydrogens is 316 g/mol. The summed E-state index contributed by atoms with van der Waals surface area (Å²) in [7, 11) is 1.80. The quantitative estimate of drug-likeness (QED) is 0.372. The molecule has 2 atom stereocenters. The zero-order valence-corrected chi connectivity index (χ0v) is 16.4. The molecule has 0 aromatic carbocycles. The first-order chi connectivity index (χ1) is 12.0. The van der Waals surface area contributed by atoms with Crippen molar-refractivity contribution in [1.82, 2.24) is 16.0 Å². The molecule has 2 aliphatic carbocycles. The van der Waals surface area contributed by atoms with Crippen molar-refractivity contribution in [2.45, 2.75) is 71.4 Å². The van der Waals surface area contributed by atoms with Gasteiger partial charge in [-0.2, -0.15) is 0 Å². The lowest BCUT2D eigenvalue weighted by Gasteiger charge is -2.57. The molecule has 2 saturated carbocycles. The number of nitrogens with one attached hydrogen (secondary N) is 3. The molecule has 144 valence electrons. The van der Waals surface area contributed by atoms with Crippen LogP contribution in [-0.4, -0.2) is 50.8 Å². The summed E-state index contributed by atoms with van der Waals surface area (Å²) in [6.45, 7) is 7.96. The summed E-state index contributed by atoms with van der Waals surface area (Å²) in [4.78, 5) is 15.9. The minimum Gasteiger partial charge on any atom is -0.378 e. The molecule has 2 aliphatic rings. The van der Waals surface area contributed by atoms with Gasteiger partial charge in [-0.3, -0.25) is 9.79 Å². The Hall–Kier alpha value is -1.30. The second-order valence-electron chi connectivity index (χ2n) is 7.62. The van der Waals surface area contributed by atoms with Gasteiger partial charge in [-0.05, 0) is 26.2 Å². The molecule has 3 N–H and O–H groups in total. The predicted molar refractivity (Wildman–Crippen MR) is 102 cm³/mol. The summed E-state index contributed by atoms with van der Waals surface area (Å²) >= 11 is 0. The summed E-state index contributed by atoms with van der Waals surface area (Å²) in [6.07, 6.45) is 7.88. The van der Waals surface area contributed by atoms with Crippen LogP contribution in [0.2, 0.25) is 0 Å². The van der Waals surface area contributed by atoms with E-state index in [9.17, 15) is 4.79 Å². The van der Waals surface area contributed by atoms with Gasteiger partial charge in [0.15, 0.2) is 5.96 Å². The number of carbonyl (C=O) groups excluding carboxylic acids is 1. The number of nitrogens with zero attached hydrogens (tertiary/aromatic N) is 1. The number of hydrogen-bond donors (Lipinski definition) is 3. The van der Waals surface area contributed by atoms with Crippen LogP contribution in [0.5, 0.6) is 0 Å². The van der Waals surface area contributed by atoms with E-state index in [0.29, 0.717) is 25.2 Å². The SMILES string of the molecule is CCOC1CC(NC(=NC)NCCNC(=O)C(C)C)C12CCCCC2. The molecule has 25 heavy (non-hydrogen) atoms. The van der Waals surface area contributed by atoms with Gasteiger partial charge in [-0.15, -0.1) is 0 Å². The molecule has 1 amide bonds. The summed E-state index contributed by atoms with van der Waals surface area (Å²) in [5, 5.41) is 9.84. The van der Waals surface area contributed by atoms with Crippen LogP contribution >= 0.6 is 0 Å². The van der Waals surface area contributed by atoms with Gasteiger partial charge in [-0.1, -0.05) is 33.1 Å². The highest BCUT2D eigenvalue weighted by Crippen LogP contribution is 2.53. The molecule has 2 rings (SSSR count). The number of guanidine groups is 1. The normalized spacial score (nSPS) is 25.6. The minimum absolute atomic E-state index is 0.0223. The molecule has 0 saturated heterocycles. The van der Waals surface area contributed by atoms with Crippen molar-refractivity contribution in [1.29, 1.82) is 0 Å². The fourth-order valence-electron chi connectivity index (χ4n) is 4.20. The second kappa shape index (κ2) is 9.41. The Labute approximate surface area is 152 Å². The predicted octanol–water partition coefficient (Wildman–Crippen LogP) is 2.05. The van der Waals surface area contributed by atoms with E-state index in [2.05, 4.69) is 27.9 Å². The molecule has 2 fully saturated rings. The van der Waals surface area contributed by atoms with Gasteiger partial charge < -0.3 is 20.7 Å². The van der Waals surface area contributed by atoms with E-state index in [1.54, 1.807) is 7.05 Å². The van der Waals surface area contributed by atoms with Gasteiger partial charge in [0.05, 0.1) is 6.10 Å². The first-order valence-corrected chi connectivity index (χ1v) is 9.90. The second-order valence-corrected chi connectivity index (χ2v) is 7.62. The monoisotopic (exact) mass is 352 g/mol. The maximum Gasteiger partial charge on any atom is 0.222 e. The summed E-state index contributed by atoms with van der Waals surface area (Å²) in [6, 6.07) is 0.431. The van der Waals surface area contributed by atoms with E-state index in [1.165, 1.54) is 32.1 Å². The van der Waals surface area contributed by atoms with Crippen LogP contribution in [0.15, 0.2) is 4.99 Å². The van der Waals surface area contributed by atoms with Gasteiger partial charge in [0.2, 0.25) is 5.91 Å². The Morgan fingerprint density at radius 2 is 1.88 bits per heavy atom. The first kappa shape index (κ1) is 20.0. The van der Waals surface area contributed by atoms with Crippen LogP contribution in [0.4, 0.5) is 0 Å². The minimum atomic E-state index is 0.0223. The van der Waals surface area contributed by atoms with Crippen molar-refractivity contribution in [2.75, 3.05) is 26.7 Å². The van der Waals surface area contributed by atoms with E-state index in [4.69, 9.17) is 4.74 Å². The van der Waals surface area contributed by atoms with E-state index in [-0.39, 0.29) is 17.2 Å². The van der Waals surface area contributed by atoms with Crippen LogP contribution in [0.1, 0.15) is 59.3 Å². The molecular formula is C19H36N4O2. The Morgan fingerprint density at radius 3 is 2.48 bits per heavy atom. The van der Waals surface area contributed by atoms with E-state index in [1.807, 2.05) is 13.8 Å². The van der Waals surface area contributed by atoms with Gasteiger partial charge >= 0.3 is 0 Å². The lowest BCUT2D eigenvalue weighted by molar-refractivity contribution is -0.145. The van der Waals surface area contributed by atoms with Crippen molar-refractivity contribution in [3.8, 4) is 0 Å². The average Bonchev–Trinajstić information content (AvgIpc) is 2.62. The zero-order valence-electron chi connectivity index (χ0n) is 16.4. The fraction of sp³-hybridized carbons (Fsp3) is 0.895. The van der Waals surface area contributed by atoms with Crippen molar-refractivity contribution in [3.63, 3.8) is 0 Å². The number of aliphatic imine (C=N–C) groups is 1. The molecule has 2 unspecified atom stereocenters. The van der Waals surface area contributed by atoms with Gasteiger partial charge in [0, 0.05) is 44.1 Å². The third-order valence-electron chi connectivity index (χ3n) is 5.71. The van der Waals surface area contributed by atoms with Crippen LogP contribution < -0.4 is 16.0 Å². The smallest absolute Gasteiger partial charge is 0.222 e. The van der Waals surface area contributed by atoms with Crippen molar-refractivity contribution < 1.29 is 9.53 Å². The molecule has 1 spiro atoms. The highest BCUT2D eigenvalue weighted by Gasteiger charge is 2.55. The molecule has 0 heterocycles. The Morgan fingerprint density at radius 1 is 1.20 bits per heavy atom. The lowest BCUT2D eigenvalue weighted by Crippen LogP contribution is -2.66. The van der Waals surface area contributed by atoms with Gasteiger partial charge in [-0.25, -0.2) is 0 Å². The highest BCUT2D eigenvalue weighted by atomic mass is 16.5. The zero-order chi connectivity index (χ0) is 18.3. The van der Waals surface area contributed by atoms with Crippen LogP contribution in [0.3, 0.4) is 0 Å². The van der Waals surface area contributed by atoms with E-state index in [0.717, 1.165) is 19.0 Å². The van der Waals surface area contributed by atoms with Gasteiger partial charge in [0.1, 0.15) is 0 Å². The molecule has 0 aromatic rings. The third-order valence-corrected chi connectivity index (χ3v) is 5.71. The number of ether oxygens (including phenoxy) is 1.